The number of carbonyl (C=O) groups is 2. The second kappa shape index (κ2) is 2.30. The van der Waals surface area contributed by atoms with Crippen LogP contribution in [0.2, 0.25) is 0 Å². The van der Waals surface area contributed by atoms with Crippen molar-refractivity contribution in [2.75, 3.05) is 0 Å². The summed E-state index contributed by atoms with van der Waals surface area (Å²) in [7, 11) is 0. The van der Waals surface area contributed by atoms with Gasteiger partial charge in [0.05, 0.1) is 0 Å². The van der Waals surface area contributed by atoms with Crippen LogP contribution in [0, 0.1) is 10.8 Å². The summed E-state index contributed by atoms with van der Waals surface area (Å²) in [5.41, 5.74) is -1.03. The molecular formula is C10H12O4. The maximum atomic E-state index is 11.6. The fourth-order valence-corrected chi connectivity index (χ4v) is 3.10. The lowest BCUT2D eigenvalue weighted by atomic mass is 9.64. The second-order valence-electron chi connectivity index (χ2n) is 4.63. The van der Waals surface area contributed by atoms with E-state index in [2.05, 4.69) is 9.78 Å². The Labute approximate surface area is 81.5 Å². The molecule has 0 radical (unpaired) electrons. The molecule has 14 heavy (non-hydrogen) atoms. The number of hydrogen-bond acceptors (Lipinski definition) is 4. The summed E-state index contributed by atoms with van der Waals surface area (Å²) in [6, 6.07) is 0. The van der Waals surface area contributed by atoms with Crippen molar-refractivity contribution < 1.29 is 19.4 Å². The van der Waals surface area contributed by atoms with E-state index >= 15 is 0 Å². The van der Waals surface area contributed by atoms with Crippen molar-refractivity contribution in [3.05, 3.63) is 0 Å². The molecule has 1 saturated heterocycles. The van der Waals surface area contributed by atoms with Gasteiger partial charge in [0, 0.05) is 0 Å². The molecule has 3 fully saturated rings. The van der Waals surface area contributed by atoms with Gasteiger partial charge in [0.1, 0.15) is 0 Å². The van der Waals surface area contributed by atoms with Crippen LogP contribution in [-0.2, 0) is 19.4 Å². The topological polar surface area (TPSA) is 52.6 Å². The molecule has 76 valence electrons. The first-order valence-electron chi connectivity index (χ1n) is 5.15. The molecule has 2 spiro atoms. The predicted octanol–water partition coefficient (Wildman–Crippen LogP) is 1.34. The SMILES string of the molecule is O=C1OOC(=O)C12CCCCC21CC1. The standard InChI is InChI=1S/C10H12O4/c11-7-10(8(12)14-13-7)4-2-1-3-9(10)5-6-9/h1-6H2. The molecular weight excluding hydrogens is 184 g/mol. The molecule has 0 aromatic rings. The molecule has 3 aliphatic rings. The van der Waals surface area contributed by atoms with Crippen molar-refractivity contribution in [3.8, 4) is 0 Å². The monoisotopic (exact) mass is 196 g/mol. The lowest BCUT2D eigenvalue weighted by Gasteiger charge is -2.34. The molecule has 0 atom stereocenters. The average molecular weight is 196 g/mol. The Morgan fingerprint density at radius 2 is 1.43 bits per heavy atom. The van der Waals surface area contributed by atoms with Crippen molar-refractivity contribution in [1.29, 1.82) is 0 Å². The van der Waals surface area contributed by atoms with Gasteiger partial charge >= 0.3 is 11.9 Å². The third kappa shape index (κ3) is 0.713. The molecule has 0 N–H and O–H groups in total. The smallest absolute Gasteiger partial charge is 0.246 e. The molecule has 0 amide bonds. The summed E-state index contributed by atoms with van der Waals surface area (Å²) >= 11 is 0. The van der Waals surface area contributed by atoms with Crippen LogP contribution < -0.4 is 0 Å². The normalized spacial score (nSPS) is 31.7. The van der Waals surface area contributed by atoms with Gasteiger partial charge in [-0.15, -0.1) is 0 Å². The summed E-state index contributed by atoms with van der Waals surface area (Å²) in [5.74, 6) is -0.889. The summed E-state index contributed by atoms with van der Waals surface area (Å²) < 4.78 is 0. The number of hydrogen-bond donors (Lipinski definition) is 0. The molecule has 0 unspecified atom stereocenters. The van der Waals surface area contributed by atoms with Gasteiger partial charge in [-0.1, -0.05) is 12.8 Å². The fourth-order valence-electron chi connectivity index (χ4n) is 3.10. The highest BCUT2D eigenvalue weighted by molar-refractivity contribution is 6.04. The Morgan fingerprint density at radius 3 is 2.00 bits per heavy atom. The number of carbonyl (C=O) groups excluding carboxylic acids is 2. The Kier molecular flexibility index (Phi) is 1.36. The van der Waals surface area contributed by atoms with Crippen LogP contribution in [0.25, 0.3) is 0 Å². The van der Waals surface area contributed by atoms with Gasteiger partial charge in [-0.05, 0) is 31.1 Å². The number of rotatable bonds is 0. The van der Waals surface area contributed by atoms with Crippen LogP contribution in [0.15, 0.2) is 0 Å². The summed E-state index contributed by atoms with van der Waals surface area (Å²) in [6.07, 6.45) is 5.56. The van der Waals surface area contributed by atoms with Crippen LogP contribution in [0.4, 0.5) is 0 Å². The molecule has 1 aliphatic heterocycles. The van der Waals surface area contributed by atoms with E-state index < -0.39 is 17.4 Å². The van der Waals surface area contributed by atoms with Crippen molar-refractivity contribution >= 4 is 11.9 Å². The van der Waals surface area contributed by atoms with Crippen molar-refractivity contribution in [3.63, 3.8) is 0 Å². The predicted molar refractivity (Wildman–Crippen MR) is 44.8 cm³/mol. The average Bonchev–Trinajstić information content (AvgIpc) is 2.90. The summed E-state index contributed by atoms with van der Waals surface area (Å²) in [5, 5.41) is 0. The molecule has 0 aromatic carbocycles. The van der Waals surface area contributed by atoms with Crippen LogP contribution in [0.1, 0.15) is 38.5 Å². The van der Waals surface area contributed by atoms with E-state index in [9.17, 15) is 9.59 Å². The van der Waals surface area contributed by atoms with Gasteiger partial charge in [0.15, 0.2) is 5.41 Å². The Bertz CT molecular complexity index is 300. The molecule has 2 aliphatic carbocycles. The highest BCUT2D eigenvalue weighted by atomic mass is 17.2. The minimum atomic E-state index is -0.925. The van der Waals surface area contributed by atoms with Crippen molar-refractivity contribution in [1.82, 2.24) is 0 Å². The number of fused-ring (bicyclic) bond motifs is 1. The van der Waals surface area contributed by atoms with Gasteiger partial charge in [0.25, 0.3) is 0 Å². The zero-order valence-corrected chi connectivity index (χ0v) is 7.88. The van der Waals surface area contributed by atoms with E-state index in [0.29, 0.717) is 6.42 Å². The molecule has 4 heteroatoms. The highest BCUT2D eigenvalue weighted by Gasteiger charge is 2.73. The van der Waals surface area contributed by atoms with Crippen molar-refractivity contribution in [2.24, 2.45) is 10.8 Å². The third-order valence-electron chi connectivity index (χ3n) is 4.11. The Balaban J connectivity index is 2.07. The van der Waals surface area contributed by atoms with Crippen LogP contribution >= 0.6 is 0 Å². The molecule has 1 heterocycles. The van der Waals surface area contributed by atoms with E-state index in [-0.39, 0.29) is 5.41 Å². The van der Waals surface area contributed by atoms with E-state index in [1.807, 2.05) is 0 Å². The molecule has 4 nitrogen and oxygen atoms in total. The van der Waals surface area contributed by atoms with E-state index in [0.717, 1.165) is 32.1 Å². The first-order chi connectivity index (χ1) is 6.71. The highest BCUT2D eigenvalue weighted by Crippen LogP contribution is 2.67. The molecule has 3 rings (SSSR count). The van der Waals surface area contributed by atoms with E-state index in [1.165, 1.54) is 0 Å². The van der Waals surface area contributed by atoms with Crippen LogP contribution in [0.5, 0.6) is 0 Å². The van der Waals surface area contributed by atoms with Gasteiger partial charge in [-0.2, -0.15) is 0 Å². The van der Waals surface area contributed by atoms with Gasteiger partial charge in [-0.25, -0.2) is 19.4 Å². The Morgan fingerprint density at radius 1 is 0.857 bits per heavy atom. The van der Waals surface area contributed by atoms with E-state index in [4.69, 9.17) is 0 Å². The Hall–Kier alpha value is -1.06. The summed E-state index contributed by atoms with van der Waals surface area (Å²) in [6.45, 7) is 0. The molecule has 0 bridgehead atoms. The fraction of sp³-hybridized carbons (Fsp3) is 0.800. The van der Waals surface area contributed by atoms with Gasteiger partial charge in [-0.3, -0.25) is 0 Å². The lowest BCUT2D eigenvalue weighted by molar-refractivity contribution is -0.235. The van der Waals surface area contributed by atoms with Crippen molar-refractivity contribution in [2.45, 2.75) is 38.5 Å². The maximum Gasteiger partial charge on any atom is 0.373 e. The van der Waals surface area contributed by atoms with Crippen LogP contribution in [-0.4, -0.2) is 11.9 Å². The minimum absolute atomic E-state index is 0.101. The largest absolute Gasteiger partial charge is 0.373 e. The lowest BCUT2D eigenvalue weighted by Crippen LogP contribution is -2.44. The molecule has 0 aromatic heterocycles. The molecule has 2 saturated carbocycles. The summed E-state index contributed by atoms with van der Waals surface area (Å²) in [4.78, 5) is 32.2. The first kappa shape index (κ1) is 8.26. The van der Waals surface area contributed by atoms with E-state index in [1.54, 1.807) is 0 Å². The quantitative estimate of drug-likeness (QED) is 0.433. The van der Waals surface area contributed by atoms with Gasteiger partial charge < -0.3 is 0 Å². The van der Waals surface area contributed by atoms with Crippen LogP contribution in [0.3, 0.4) is 0 Å². The zero-order valence-electron chi connectivity index (χ0n) is 7.88. The second-order valence-corrected chi connectivity index (χ2v) is 4.63. The third-order valence-corrected chi connectivity index (χ3v) is 4.11. The maximum absolute atomic E-state index is 11.6. The minimum Gasteiger partial charge on any atom is -0.246 e. The zero-order chi connectivity index (χ0) is 9.81. The van der Waals surface area contributed by atoms with Gasteiger partial charge in [0.2, 0.25) is 0 Å². The first-order valence-corrected chi connectivity index (χ1v) is 5.15.